The molecule has 0 aliphatic carbocycles. The lowest BCUT2D eigenvalue weighted by Gasteiger charge is -2.39. The van der Waals surface area contributed by atoms with Crippen molar-refractivity contribution in [3.8, 4) is 0 Å². The molecule has 1 aliphatic heterocycles. The van der Waals surface area contributed by atoms with Crippen LogP contribution in [-0.2, 0) is 0 Å². The molecule has 1 aromatic rings. The van der Waals surface area contributed by atoms with Gasteiger partial charge in [-0.2, -0.15) is 11.8 Å². The number of pyridine rings is 1. The third-order valence-corrected chi connectivity index (χ3v) is 5.27. The topological polar surface area (TPSA) is 42.1 Å². The van der Waals surface area contributed by atoms with E-state index in [9.17, 15) is 0 Å². The molecule has 104 valence electrons. The molecule has 0 spiro atoms. The molecular formula is C14H21N3S2. The minimum absolute atomic E-state index is 0.443. The number of hydrogen-bond donors (Lipinski definition) is 1. The minimum atomic E-state index is 0.443. The average Bonchev–Trinajstić information content (AvgIpc) is 2.31. The summed E-state index contributed by atoms with van der Waals surface area (Å²) in [7, 11) is 0. The van der Waals surface area contributed by atoms with E-state index >= 15 is 0 Å². The van der Waals surface area contributed by atoms with E-state index < -0.39 is 0 Å². The third kappa shape index (κ3) is 2.87. The molecule has 2 atom stereocenters. The number of anilines is 1. The van der Waals surface area contributed by atoms with Crippen LogP contribution in [0.4, 0.5) is 5.82 Å². The van der Waals surface area contributed by atoms with Crippen LogP contribution in [0.3, 0.4) is 0 Å². The van der Waals surface area contributed by atoms with E-state index in [-0.39, 0.29) is 0 Å². The monoisotopic (exact) mass is 295 g/mol. The van der Waals surface area contributed by atoms with E-state index in [1.54, 1.807) is 0 Å². The van der Waals surface area contributed by atoms with Gasteiger partial charge in [-0.25, -0.2) is 4.98 Å². The third-order valence-electron chi connectivity index (χ3n) is 3.73. The van der Waals surface area contributed by atoms with Crippen molar-refractivity contribution in [2.24, 2.45) is 5.73 Å². The summed E-state index contributed by atoms with van der Waals surface area (Å²) in [5, 5.41) is 0.593. The highest BCUT2D eigenvalue weighted by Crippen LogP contribution is 2.31. The van der Waals surface area contributed by atoms with Gasteiger partial charge in [0.25, 0.3) is 0 Å². The Bertz CT molecular complexity index is 502. The van der Waals surface area contributed by atoms with Crippen molar-refractivity contribution in [2.45, 2.75) is 39.0 Å². The van der Waals surface area contributed by atoms with Crippen molar-refractivity contribution in [1.29, 1.82) is 0 Å². The van der Waals surface area contributed by atoms with Gasteiger partial charge in [0, 0.05) is 29.3 Å². The van der Waals surface area contributed by atoms with E-state index in [1.807, 2.05) is 24.8 Å². The lowest BCUT2D eigenvalue weighted by Crippen LogP contribution is -2.46. The molecule has 2 N–H and O–H groups in total. The predicted molar refractivity (Wildman–Crippen MR) is 88.3 cm³/mol. The minimum Gasteiger partial charge on any atom is -0.389 e. The zero-order valence-corrected chi connectivity index (χ0v) is 13.6. The summed E-state index contributed by atoms with van der Waals surface area (Å²) in [5.74, 6) is 2.08. The highest BCUT2D eigenvalue weighted by molar-refractivity contribution is 8.00. The van der Waals surface area contributed by atoms with Gasteiger partial charge in [-0.15, -0.1) is 0 Å². The van der Waals surface area contributed by atoms with E-state index in [1.165, 1.54) is 0 Å². The van der Waals surface area contributed by atoms with Gasteiger partial charge in [0.15, 0.2) is 0 Å². The standard InChI is InChI=1S/C14H21N3S2/c1-8-7-9(2)16-14(12(8)13(15)18)17-5-6-19-11(4)10(17)3/h7,10-11H,5-6H2,1-4H3,(H2,15,18). The quantitative estimate of drug-likeness (QED) is 0.850. The Hall–Kier alpha value is -0.810. The zero-order valence-electron chi connectivity index (χ0n) is 11.9. The molecule has 0 bridgehead atoms. The molecule has 0 amide bonds. The molecule has 2 unspecified atom stereocenters. The second-order valence-electron chi connectivity index (χ2n) is 5.15. The highest BCUT2D eigenvalue weighted by Gasteiger charge is 2.28. The maximum Gasteiger partial charge on any atom is 0.139 e. The maximum atomic E-state index is 5.91. The second-order valence-corrected chi connectivity index (χ2v) is 7.08. The lowest BCUT2D eigenvalue weighted by molar-refractivity contribution is 0.619. The van der Waals surface area contributed by atoms with Crippen molar-refractivity contribution in [3.63, 3.8) is 0 Å². The van der Waals surface area contributed by atoms with Crippen LogP contribution in [-0.4, -0.2) is 33.6 Å². The molecular weight excluding hydrogens is 274 g/mol. The Morgan fingerprint density at radius 3 is 2.79 bits per heavy atom. The molecule has 2 heterocycles. The molecule has 5 heteroatoms. The Balaban J connectivity index is 2.51. The van der Waals surface area contributed by atoms with E-state index in [0.717, 1.165) is 34.9 Å². The zero-order chi connectivity index (χ0) is 14.2. The number of aryl methyl sites for hydroxylation is 2. The smallest absolute Gasteiger partial charge is 0.139 e. The van der Waals surface area contributed by atoms with Gasteiger partial charge in [0.05, 0.1) is 5.56 Å². The van der Waals surface area contributed by atoms with Crippen molar-refractivity contribution < 1.29 is 0 Å². The van der Waals surface area contributed by atoms with E-state index in [2.05, 4.69) is 25.7 Å². The first-order valence-corrected chi connectivity index (χ1v) is 8.03. The molecule has 0 saturated carbocycles. The normalized spacial score (nSPS) is 23.5. The van der Waals surface area contributed by atoms with Crippen LogP contribution >= 0.6 is 24.0 Å². The van der Waals surface area contributed by atoms with Crippen LogP contribution in [0, 0.1) is 13.8 Å². The number of thiocarbonyl (C=S) groups is 1. The molecule has 3 nitrogen and oxygen atoms in total. The Morgan fingerprint density at radius 2 is 2.16 bits per heavy atom. The summed E-state index contributed by atoms with van der Waals surface area (Å²) in [6, 6.07) is 2.49. The molecule has 0 radical (unpaired) electrons. The average molecular weight is 295 g/mol. The maximum absolute atomic E-state index is 5.91. The second kappa shape index (κ2) is 5.67. The number of hydrogen-bond acceptors (Lipinski definition) is 4. The number of rotatable bonds is 2. The molecule has 1 fully saturated rings. The van der Waals surface area contributed by atoms with Crippen LogP contribution in [0.5, 0.6) is 0 Å². The van der Waals surface area contributed by atoms with E-state index in [0.29, 0.717) is 16.3 Å². The lowest BCUT2D eigenvalue weighted by atomic mass is 10.1. The van der Waals surface area contributed by atoms with Crippen molar-refractivity contribution in [3.05, 3.63) is 22.9 Å². The summed E-state index contributed by atoms with van der Waals surface area (Å²) >= 11 is 7.24. The van der Waals surface area contributed by atoms with Crippen LogP contribution < -0.4 is 10.6 Å². The first-order chi connectivity index (χ1) is 8.91. The van der Waals surface area contributed by atoms with Crippen molar-refractivity contribution >= 4 is 34.8 Å². The number of thioether (sulfide) groups is 1. The van der Waals surface area contributed by atoms with Gasteiger partial charge < -0.3 is 10.6 Å². The first kappa shape index (κ1) is 14.6. The molecule has 19 heavy (non-hydrogen) atoms. The van der Waals surface area contributed by atoms with Crippen LogP contribution in [0.25, 0.3) is 0 Å². The van der Waals surface area contributed by atoms with Crippen molar-refractivity contribution in [2.75, 3.05) is 17.2 Å². The summed E-state index contributed by atoms with van der Waals surface area (Å²) in [6.45, 7) is 9.60. The molecule has 1 aliphatic rings. The largest absolute Gasteiger partial charge is 0.389 e. The van der Waals surface area contributed by atoms with Crippen LogP contribution in [0.1, 0.15) is 30.7 Å². The molecule has 1 saturated heterocycles. The van der Waals surface area contributed by atoms with Crippen LogP contribution in [0.2, 0.25) is 0 Å². The molecule has 2 rings (SSSR count). The fraction of sp³-hybridized carbons (Fsp3) is 0.571. The van der Waals surface area contributed by atoms with Gasteiger partial charge in [0.2, 0.25) is 0 Å². The molecule has 0 aromatic carbocycles. The Morgan fingerprint density at radius 1 is 1.47 bits per heavy atom. The highest BCUT2D eigenvalue weighted by atomic mass is 32.2. The number of nitrogens with two attached hydrogens (primary N) is 1. The summed E-state index contributed by atoms with van der Waals surface area (Å²) in [4.78, 5) is 7.51. The van der Waals surface area contributed by atoms with Gasteiger partial charge in [0.1, 0.15) is 10.8 Å². The van der Waals surface area contributed by atoms with E-state index in [4.69, 9.17) is 22.9 Å². The van der Waals surface area contributed by atoms with Gasteiger partial charge in [-0.05, 0) is 32.4 Å². The Kier molecular flexibility index (Phi) is 4.36. The number of aromatic nitrogens is 1. The number of nitrogens with zero attached hydrogens (tertiary/aromatic N) is 2. The fourth-order valence-corrected chi connectivity index (χ4v) is 3.91. The van der Waals surface area contributed by atoms with Gasteiger partial charge in [-0.3, -0.25) is 0 Å². The van der Waals surface area contributed by atoms with Gasteiger partial charge in [-0.1, -0.05) is 19.1 Å². The predicted octanol–water partition coefficient (Wildman–Crippen LogP) is 2.66. The summed E-state index contributed by atoms with van der Waals surface area (Å²) in [6.07, 6.45) is 0. The Labute approximate surface area is 125 Å². The summed E-state index contributed by atoms with van der Waals surface area (Å²) < 4.78 is 0. The van der Waals surface area contributed by atoms with Crippen molar-refractivity contribution in [1.82, 2.24) is 4.98 Å². The first-order valence-electron chi connectivity index (χ1n) is 6.58. The van der Waals surface area contributed by atoms with Crippen LogP contribution in [0.15, 0.2) is 6.07 Å². The molecule has 1 aromatic heterocycles. The fourth-order valence-electron chi connectivity index (χ4n) is 2.56. The SMILES string of the molecule is Cc1cc(C)c(C(N)=S)c(N2CCSC(C)C2C)n1. The summed E-state index contributed by atoms with van der Waals surface area (Å²) in [5.41, 5.74) is 8.99. The van der Waals surface area contributed by atoms with Gasteiger partial charge >= 0.3 is 0 Å².